The standard InChI is InChI=1S/C26H26N2O4/c1-19(29)23-13-14-24(27-20(2)30)25(15-23)32-18-26(31)28(16-21-9-5-3-6-10-21)17-22-11-7-4-8-12-22/h3-15H,16-18H2,1-2H3,(H,27,30). The summed E-state index contributed by atoms with van der Waals surface area (Å²) in [6, 6.07) is 24.2. The van der Waals surface area contributed by atoms with Crippen molar-refractivity contribution in [3.8, 4) is 5.75 Å². The average molecular weight is 431 g/mol. The Hall–Kier alpha value is -3.93. The minimum atomic E-state index is -0.272. The molecule has 32 heavy (non-hydrogen) atoms. The van der Waals surface area contributed by atoms with Crippen molar-refractivity contribution in [1.29, 1.82) is 0 Å². The Morgan fingerprint density at radius 2 is 1.38 bits per heavy atom. The summed E-state index contributed by atoms with van der Waals surface area (Å²) in [6.07, 6.45) is 0. The zero-order valence-electron chi connectivity index (χ0n) is 18.2. The summed E-state index contributed by atoms with van der Waals surface area (Å²) in [5.74, 6) is -0.336. The van der Waals surface area contributed by atoms with E-state index in [4.69, 9.17) is 4.74 Å². The molecule has 0 unspecified atom stereocenters. The van der Waals surface area contributed by atoms with Crippen LogP contribution in [0.15, 0.2) is 78.9 Å². The third kappa shape index (κ3) is 6.54. The monoisotopic (exact) mass is 430 g/mol. The third-order valence-electron chi connectivity index (χ3n) is 4.84. The second kappa shape index (κ2) is 10.9. The second-order valence-corrected chi connectivity index (χ2v) is 7.46. The van der Waals surface area contributed by atoms with Crippen molar-refractivity contribution < 1.29 is 19.1 Å². The SMILES string of the molecule is CC(=O)Nc1ccc(C(C)=O)cc1OCC(=O)N(Cc1ccccc1)Cc1ccccc1. The number of hydrogen-bond donors (Lipinski definition) is 1. The Labute approximate surface area is 187 Å². The molecule has 0 radical (unpaired) electrons. The van der Waals surface area contributed by atoms with E-state index in [1.54, 1.807) is 23.1 Å². The lowest BCUT2D eigenvalue weighted by Crippen LogP contribution is -2.34. The van der Waals surface area contributed by atoms with Gasteiger partial charge in [0.2, 0.25) is 5.91 Å². The van der Waals surface area contributed by atoms with Crippen molar-refractivity contribution in [1.82, 2.24) is 4.90 Å². The number of ether oxygens (including phenoxy) is 1. The third-order valence-corrected chi connectivity index (χ3v) is 4.84. The van der Waals surface area contributed by atoms with Gasteiger partial charge in [-0.2, -0.15) is 0 Å². The van der Waals surface area contributed by atoms with Crippen LogP contribution in [-0.2, 0) is 22.7 Å². The molecule has 2 amide bonds. The molecule has 0 bridgehead atoms. The number of carbonyl (C=O) groups excluding carboxylic acids is 3. The van der Waals surface area contributed by atoms with Gasteiger partial charge in [-0.05, 0) is 36.2 Å². The number of benzene rings is 3. The largest absolute Gasteiger partial charge is 0.482 e. The van der Waals surface area contributed by atoms with Gasteiger partial charge in [-0.3, -0.25) is 14.4 Å². The molecule has 3 aromatic rings. The number of amides is 2. The van der Waals surface area contributed by atoms with Crippen LogP contribution in [0.3, 0.4) is 0 Å². The molecule has 0 aliphatic heterocycles. The Morgan fingerprint density at radius 3 is 1.88 bits per heavy atom. The highest BCUT2D eigenvalue weighted by atomic mass is 16.5. The van der Waals surface area contributed by atoms with E-state index in [1.165, 1.54) is 13.8 Å². The number of Topliss-reactive ketones (excluding diaryl/α,β-unsaturated/α-hetero) is 1. The van der Waals surface area contributed by atoms with Gasteiger partial charge in [0.1, 0.15) is 5.75 Å². The van der Waals surface area contributed by atoms with Crippen molar-refractivity contribution in [3.05, 3.63) is 95.6 Å². The lowest BCUT2D eigenvalue weighted by atomic mass is 10.1. The molecular weight excluding hydrogens is 404 g/mol. The van der Waals surface area contributed by atoms with Crippen LogP contribution in [0.1, 0.15) is 35.3 Å². The summed E-state index contributed by atoms with van der Waals surface area (Å²) in [5, 5.41) is 2.67. The molecule has 0 atom stereocenters. The highest BCUT2D eigenvalue weighted by molar-refractivity contribution is 5.96. The van der Waals surface area contributed by atoms with E-state index in [9.17, 15) is 14.4 Å². The molecule has 0 spiro atoms. The van der Waals surface area contributed by atoms with Crippen molar-refractivity contribution in [2.75, 3.05) is 11.9 Å². The van der Waals surface area contributed by atoms with E-state index in [1.807, 2.05) is 60.7 Å². The molecule has 164 valence electrons. The number of nitrogens with one attached hydrogen (secondary N) is 1. The second-order valence-electron chi connectivity index (χ2n) is 7.46. The molecule has 0 heterocycles. The van der Waals surface area contributed by atoms with Crippen LogP contribution < -0.4 is 10.1 Å². The highest BCUT2D eigenvalue weighted by Gasteiger charge is 2.17. The summed E-state index contributed by atoms with van der Waals surface area (Å²) in [7, 11) is 0. The predicted octanol–water partition coefficient (Wildman–Crippen LogP) is 4.46. The summed E-state index contributed by atoms with van der Waals surface area (Å²) in [4.78, 5) is 38.1. The minimum absolute atomic E-state index is 0.134. The summed E-state index contributed by atoms with van der Waals surface area (Å²) in [5.41, 5.74) is 2.86. The lowest BCUT2D eigenvalue weighted by molar-refractivity contribution is -0.134. The van der Waals surface area contributed by atoms with Crippen LogP contribution in [0.2, 0.25) is 0 Å². The van der Waals surface area contributed by atoms with Crippen molar-refractivity contribution in [3.63, 3.8) is 0 Å². The summed E-state index contributed by atoms with van der Waals surface area (Å²) in [6.45, 7) is 3.47. The molecule has 0 aliphatic carbocycles. The maximum absolute atomic E-state index is 13.1. The minimum Gasteiger partial charge on any atom is -0.482 e. The smallest absolute Gasteiger partial charge is 0.261 e. The molecule has 3 rings (SSSR count). The first kappa shape index (κ1) is 22.7. The number of rotatable bonds is 9. The van der Waals surface area contributed by atoms with Crippen molar-refractivity contribution in [2.45, 2.75) is 26.9 Å². The van der Waals surface area contributed by atoms with Gasteiger partial charge in [0.25, 0.3) is 5.91 Å². The van der Waals surface area contributed by atoms with Crippen LogP contribution >= 0.6 is 0 Å². The van der Waals surface area contributed by atoms with Gasteiger partial charge in [-0.15, -0.1) is 0 Å². The molecule has 6 nitrogen and oxygen atoms in total. The molecule has 0 saturated carbocycles. The first-order valence-electron chi connectivity index (χ1n) is 10.3. The lowest BCUT2D eigenvalue weighted by Gasteiger charge is -2.23. The van der Waals surface area contributed by atoms with Crippen LogP contribution in [0.25, 0.3) is 0 Å². The van der Waals surface area contributed by atoms with Crippen LogP contribution in [0, 0.1) is 0 Å². The van der Waals surface area contributed by atoms with Crippen LogP contribution in [0.4, 0.5) is 5.69 Å². The number of anilines is 1. The molecule has 6 heteroatoms. The van der Waals surface area contributed by atoms with E-state index < -0.39 is 0 Å². The van der Waals surface area contributed by atoms with Gasteiger partial charge in [0, 0.05) is 25.6 Å². The van der Waals surface area contributed by atoms with E-state index in [2.05, 4.69) is 5.32 Å². The summed E-state index contributed by atoms with van der Waals surface area (Å²) < 4.78 is 5.79. The average Bonchev–Trinajstić information content (AvgIpc) is 2.78. The maximum Gasteiger partial charge on any atom is 0.261 e. The molecule has 0 fully saturated rings. The number of ketones is 1. The zero-order chi connectivity index (χ0) is 22.9. The van der Waals surface area contributed by atoms with Crippen molar-refractivity contribution in [2.24, 2.45) is 0 Å². The molecule has 1 N–H and O–H groups in total. The normalized spacial score (nSPS) is 10.3. The Balaban J connectivity index is 1.78. The Bertz CT molecular complexity index is 1040. The van der Waals surface area contributed by atoms with Gasteiger partial charge in [-0.1, -0.05) is 60.7 Å². The fourth-order valence-electron chi connectivity index (χ4n) is 3.22. The van der Waals surface area contributed by atoms with Gasteiger partial charge < -0.3 is 15.0 Å². The molecule has 0 aliphatic rings. The topological polar surface area (TPSA) is 75.7 Å². The van der Waals surface area contributed by atoms with Gasteiger partial charge >= 0.3 is 0 Å². The molecule has 0 aromatic heterocycles. The fourth-order valence-corrected chi connectivity index (χ4v) is 3.22. The number of nitrogens with zero attached hydrogens (tertiary/aromatic N) is 1. The van der Waals surface area contributed by atoms with E-state index in [-0.39, 0.29) is 30.0 Å². The van der Waals surface area contributed by atoms with Crippen LogP contribution in [0.5, 0.6) is 5.75 Å². The maximum atomic E-state index is 13.1. The van der Waals surface area contributed by atoms with Crippen molar-refractivity contribution >= 4 is 23.3 Å². The summed E-state index contributed by atoms with van der Waals surface area (Å²) >= 11 is 0. The van der Waals surface area contributed by atoms with E-state index >= 15 is 0 Å². The molecule has 3 aromatic carbocycles. The highest BCUT2D eigenvalue weighted by Crippen LogP contribution is 2.26. The fraction of sp³-hybridized carbons (Fsp3) is 0.192. The Kier molecular flexibility index (Phi) is 7.75. The zero-order valence-corrected chi connectivity index (χ0v) is 18.2. The molecule has 0 saturated heterocycles. The molecular formula is C26H26N2O4. The predicted molar refractivity (Wildman–Crippen MR) is 123 cm³/mol. The van der Waals surface area contributed by atoms with E-state index in [0.717, 1.165) is 11.1 Å². The number of hydrogen-bond acceptors (Lipinski definition) is 4. The first-order chi connectivity index (χ1) is 15.4. The Morgan fingerprint density at radius 1 is 0.812 bits per heavy atom. The van der Waals surface area contributed by atoms with Gasteiger partial charge in [0.15, 0.2) is 12.4 Å². The van der Waals surface area contributed by atoms with E-state index in [0.29, 0.717) is 24.3 Å². The first-order valence-corrected chi connectivity index (χ1v) is 10.3. The van der Waals surface area contributed by atoms with Gasteiger partial charge in [-0.25, -0.2) is 0 Å². The van der Waals surface area contributed by atoms with Gasteiger partial charge in [0.05, 0.1) is 5.69 Å². The quantitative estimate of drug-likeness (QED) is 0.509. The number of carbonyl (C=O) groups is 3. The van der Waals surface area contributed by atoms with Crippen LogP contribution in [-0.4, -0.2) is 29.1 Å².